The Labute approximate surface area is 121 Å². The molecule has 1 aliphatic rings. The predicted octanol–water partition coefficient (Wildman–Crippen LogP) is -0.496. The van der Waals surface area contributed by atoms with Crippen LogP contribution >= 0.6 is 11.3 Å². The Morgan fingerprint density at radius 2 is 2.15 bits per heavy atom. The summed E-state index contributed by atoms with van der Waals surface area (Å²) in [4.78, 5) is 5.93. The first-order valence-electron chi connectivity index (χ1n) is 6.05. The highest BCUT2D eigenvalue weighted by molar-refractivity contribution is 7.91. The average Bonchev–Trinajstić information content (AvgIpc) is 2.86. The van der Waals surface area contributed by atoms with Gasteiger partial charge in [-0.25, -0.2) is 13.4 Å². The van der Waals surface area contributed by atoms with Crippen molar-refractivity contribution < 1.29 is 13.6 Å². The predicted molar refractivity (Wildman–Crippen MR) is 75.5 cm³/mol. The fourth-order valence-corrected chi connectivity index (χ4v) is 4.66. The second-order valence-electron chi connectivity index (χ2n) is 4.47. The smallest absolute Gasteiger partial charge is 0.254 e. The number of sulfonamides is 1. The number of nitrogens with zero attached hydrogens (tertiary/aromatic N) is 4. The van der Waals surface area contributed by atoms with E-state index >= 15 is 0 Å². The fraction of sp³-hybridized carbons (Fsp3) is 0.600. The normalized spacial score (nSPS) is 19.4. The van der Waals surface area contributed by atoms with Gasteiger partial charge in [0.15, 0.2) is 10.0 Å². The van der Waals surface area contributed by atoms with Crippen molar-refractivity contribution in [2.75, 3.05) is 32.7 Å². The van der Waals surface area contributed by atoms with Crippen molar-refractivity contribution in [1.29, 1.82) is 0 Å². The molecular formula is C10H17N5O3S2. The third kappa shape index (κ3) is 3.26. The lowest BCUT2D eigenvalue weighted by Gasteiger charge is -2.33. The third-order valence-corrected chi connectivity index (χ3v) is 6.29. The first-order chi connectivity index (χ1) is 9.43. The van der Waals surface area contributed by atoms with E-state index in [1.165, 1.54) is 21.8 Å². The number of thiazole rings is 1. The topological polar surface area (TPSA) is 112 Å². The number of nitrogens with two attached hydrogens (primary N) is 1. The van der Waals surface area contributed by atoms with Crippen LogP contribution in [0.4, 0.5) is 0 Å². The highest BCUT2D eigenvalue weighted by Gasteiger charge is 2.30. The van der Waals surface area contributed by atoms with Crippen molar-refractivity contribution in [3.05, 3.63) is 11.2 Å². The Hall–Kier alpha value is -1.23. The second-order valence-corrected chi connectivity index (χ2v) is 7.87. The molecule has 10 heteroatoms. The van der Waals surface area contributed by atoms with E-state index in [4.69, 9.17) is 10.9 Å². The zero-order valence-corrected chi connectivity index (χ0v) is 12.7. The number of aryl methyl sites for hydroxylation is 1. The summed E-state index contributed by atoms with van der Waals surface area (Å²) in [6, 6.07) is 0. The summed E-state index contributed by atoms with van der Waals surface area (Å²) in [7, 11) is -3.45. The van der Waals surface area contributed by atoms with Crippen molar-refractivity contribution in [2.24, 2.45) is 10.9 Å². The average molecular weight is 319 g/mol. The van der Waals surface area contributed by atoms with Gasteiger partial charge in [0.25, 0.3) is 10.0 Å². The van der Waals surface area contributed by atoms with Gasteiger partial charge in [0.05, 0.1) is 17.7 Å². The number of amidine groups is 1. The molecule has 8 nitrogen and oxygen atoms in total. The van der Waals surface area contributed by atoms with Gasteiger partial charge in [-0.2, -0.15) is 4.31 Å². The van der Waals surface area contributed by atoms with Crippen LogP contribution in [0.15, 0.2) is 15.6 Å². The number of hydrogen-bond donors (Lipinski definition) is 2. The number of hydrogen-bond acceptors (Lipinski definition) is 7. The van der Waals surface area contributed by atoms with Crippen LogP contribution in [0.5, 0.6) is 0 Å². The molecule has 2 rings (SSSR count). The molecule has 1 aromatic heterocycles. The quantitative estimate of drug-likeness (QED) is 0.335. The van der Waals surface area contributed by atoms with E-state index in [0.717, 1.165) is 5.01 Å². The molecule has 1 aromatic rings. The van der Waals surface area contributed by atoms with E-state index in [1.807, 2.05) is 4.90 Å². The number of rotatable bonds is 4. The summed E-state index contributed by atoms with van der Waals surface area (Å²) in [5, 5.41) is 12.2. The van der Waals surface area contributed by atoms with Gasteiger partial charge in [-0.15, -0.1) is 11.3 Å². The summed E-state index contributed by atoms with van der Waals surface area (Å²) in [5.41, 5.74) is 5.44. The number of oxime groups is 1. The first-order valence-corrected chi connectivity index (χ1v) is 8.30. The van der Waals surface area contributed by atoms with Crippen LogP contribution in [0.1, 0.15) is 5.01 Å². The van der Waals surface area contributed by atoms with E-state index in [0.29, 0.717) is 32.7 Å². The van der Waals surface area contributed by atoms with Gasteiger partial charge in [-0.3, -0.25) is 4.90 Å². The van der Waals surface area contributed by atoms with Crippen LogP contribution in [0.3, 0.4) is 0 Å². The highest BCUT2D eigenvalue weighted by Crippen LogP contribution is 2.23. The molecule has 0 aliphatic carbocycles. The van der Waals surface area contributed by atoms with Gasteiger partial charge in [-0.1, -0.05) is 5.16 Å². The second kappa shape index (κ2) is 6.04. The molecule has 1 aliphatic heterocycles. The Bertz CT molecular complexity index is 590. The molecule has 0 radical (unpaired) electrons. The zero-order chi connectivity index (χ0) is 14.8. The molecule has 2 heterocycles. The van der Waals surface area contributed by atoms with E-state index in [1.54, 1.807) is 6.92 Å². The van der Waals surface area contributed by atoms with E-state index in [2.05, 4.69) is 10.1 Å². The molecule has 0 atom stereocenters. The Balaban J connectivity index is 2.00. The number of aromatic nitrogens is 1. The third-order valence-electron chi connectivity index (χ3n) is 3.04. The van der Waals surface area contributed by atoms with Gasteiger partial charge in [-0.05, 0) is 6.92 Å². The molecule has 3 N–H and O–H groups in total. The van der Waals surface area contributed by atoms with Crippen LogP contribution in [-0.4, -0.2) is 66.4 Å². The molecule has 20 heavy (non-hydrogen) atoms. The maximum Gasteiger partial charge on any atom is 0.254 e. The van der Waals surface area contributed by atoms with Gasteiger partial charge < -0.3 is 10.9 Å². The molecule has 1 fully saturated rings. The summed E-state index contributed by atoms with van der Waals surface area (Å²) in [5.74, 6) is 0.124. The van der Waals surface area contributed by atoms with E-state index in [-0.39, 0.29) is 10.0 Å². The van der Waals surface area contributed by atoms with Gasteiger partial charge in [0.2, 0.25) is 0 Å². The lowest BCUT2D eigenvalue weighted by Crippen LogP contribution is -2.50. The van der Waals surface area contributed by atoms with E-state index < -0.39 is 10.0 Å². The SMILES string of the molecule is Cc1ncc(S(=O)(=O)N2CCN(C/C(N)=N/O)CC2)s1. The minimum Gasteiger partial charge on any atom is -0.409 e. The summed E-state index contributed by atoms with van der Waals surface area (Å²) in [6.45, 7) is 3.99. The Morgan fingerprint density at radius 1 is 1.50 bits per heavy atom. The van der Waals surface area contributed by atoms with Crippen molar-refractivity contribution >= 4 is 27.2 Å². The standard InChI is InChI=1S/C10H17N5O3S2/c1-8-12-6-10(19-8)20(17,18)15-4-2-14(3-5-15)7-9(11)13-16/h6,16H,2-5,7H2,1H3,(H2,11,13). The van der Waals surface area contributed by atoms with Gasteiger partial charge >= 0.3 is 0 Å². The van der Waals surface area contributed by atoms with Gasteiger partial charge in [0.1, 0.15) is 0 Å². The molecule has 0 bridgehead atoms. The zero-order valence-electron chi connectivity index (χ0n) is 11.1. The molecule has 0 spiro atoms. The highest BCUT2D eigenvalue weighted by atomic mass is 32.2. The van der Waals surface area contributed by atoms with Gasteiger partial charge in [0, 0.05) is 26.2 Å². The summed E-state index contributed by atoms with van der Waals surface area (Å²) in [6.07, 6.45) is 1.40. The Kier molecular flexibility index (Phi) is 4.58. The molecule has 0 saturated carbocycles. The first kappa shape index (κ1) is 15.2. The maximum absolute atomic E-state index is 12.4. The lowest BCUT2D eigenvalue weighted by atomic mass is 10.3. The molecular weight excluding hydrogens is 302 g/mol. The molecule has 0 amide bonds. The number of piperazine rings is 1. The van der Waals surface area contributed by atoms with Crippen molar-refractivity contribution in [3.63, 3.8) is 0 Å². The minimum absolute atomic E-state index is 0.124. The molecule has 0 unspecified atom stereocenters. The van der Waals surface area contributed by atoms with Crippen LogP contribution in [0.2, 0.25) is 0 Å². The van der Waals surface area contributed by atoms with Crippen LogP contribution in [-0.2, 0) is 10.0 Å². The van der Waals surface area contributed by atoms with Crippen LogP contribution in [0.25, 0.3) is 0 Å². The monoisotopic (exact) mass is 319 g/mol. The van der Waals surface area contributed by atoms with Crippen molar-refractivity contribution in [2.45, 2.75) is 11.1 Å². The minimum atomic E-state index is -3.45. The maximum atomic E-state index is 12.4. The largest absolute Gasteiger partial charge is 0.409 e. The summed E-state index contributed by atoms with van der Waals surface area (Å²) >= 11 is 1.18. The summed E-state index contributed by atoms with van der Waals surface area (Å²) < 4.78 is 26.5. The van der Waals surface area contributed by atoms with Crippen LogP contribution < -0.4 is 5.73 Å². The molecule has 112 valence electrons. The fourth-order valence-electron chi connectivity index (χ4n) is 1.98. The lowest BCUT2D eigenvalue weighted by molar-refractivity contribution is 0.206. The van der Waals surface area contributed by atoms with E-state index in [9.17, 15) is 8.42 Å². The molecule has 1 saturated heterocycles. The molecule has 0 aromatic carbocycles. The van der Waals surface area contributed by atoms with Crippen molar-refractivity contribution in [1.82, 2.24) is 14.2 Å². The Morgan fingerprint density at radius 3 is 2.65 bits per heavy atom. The van der Waals surface area contributed by atoms with Crippen molar-refractivity contribution in [3.8, 4) is 0 Å². The van der Waals surface area contributed by atoms with Crippen LogP contribution in [0, 0.1) is 6.92 Å².